The summed E-state index contributed by atoms with van der Waals surface area (Å²) < 4.78 is 37.9. The van der Waals surface area contributed by atoms with Crippen molar-refractivity contribution in [3.63, 3.8) is 0 Å². The molecule has 0 bridgehead atoms. The van der Waals surface area contributed by atoms with Crippen LogP contribution in [0.1, 0.15) is 28.8 Å². The van der Waals surface area contributed by atoms with Crippen molar-refractivity contribution in [3.05, 3.63) is 52.8 Å². The normalized spacial score (nSPS) is 16.5. The molecule has 0 aliphatic heterocycles. The third-order valence-electron chi connectivity index (χ3n) is 4.16. The zero-order valence-corrected chi connectivity index (χ0v) is 13.3. The Bertz CT molecular complexity index is 830. The molecule has 1 aliphatic carbocycles. The highest BCUT2D eigenvalue weighted by molar-refractivity contribution is 5.79. The van der Waals surface area contributed by atoms with Crippen molar-refractivity contribution >= 4 is 5.91 Å². The molecule has 1 aromatic carbocycles. The number of benzene rings is 1. The molecule has 1 amide bonds. The number of fused-ring (bicyclic) bond motifs is 1. The summed E-state index contributed by atoms with van der Waals surface area (Å²) in [5.74, 6) is 5.13. The molecule has 130 valence electrons. The van der Waals surface area contributed by atoms with Crippen molar-refractivity contribution in [2.75, 3.05) is 6.54 Å². The van der Waals surface area contributed by atoms with Gasteiger partial charge in [0.15, 0.2) is 0 Å². The number of aryl methyl sites for hydroxylation is 1. The Morgan fingerprint density at radius 2 is 2.24 bits per heavy atom. The molecule has 1 aliphatic rings. The smallest absolute Gasteiger partial charge is 0.345 e. The van der Waals surface area contributed by atoms with Crippen LogP contribution < -0.4 is 5.32 Å². The van der Waals surface area contributed by atoms with Crippen molar-refractivity contribution in [2.45, 2.75) is 25.4 Å². The average Bonchev–Trinajstić information content (AvgIpc) is 3.05. The van der Waals surface area contributed by atoms with Crippen molar-refractivity contribution in [2.24, 2.45) is 5.92 Å². The number of nitrogens with zero attached hydrogens (tertiary/aromatic N) is 1. The van der Waals surface area contributed by atoms with Gasteiger partial charge in [-0.05, 0) is 43.0 Å². The second-order valence-corrected chi connectivity index (χ2v) is 5.91. The summed E-state index contributed by atoms with van der Waals surface area (Å²) in [6, 6.07) is 4.82. The van der Waals surface area contributed by atoms with E-state index in [1.54, 1.807) is 6.20 Å². The van der Waals surface area contributed by atoms with Gasteiger partial charge in [0.25, 0.3) is 0 Å². The van der Waals surface area contributed by atoms with Crippen LogP contribution in [0, 0.1) is 17.8 Å². The highest BCUT2D eigenvalue weighted by atomic mass is 19.4. The maximum absolute atomic E-state index is 12.6. The lowest BCUT2D eigenvalue weighted by Crippen LogP contribution is -2.34. The minimum atomic E-state index is -4.39. The van der Waals surface area contributed by atoms with Crippen LogP contribution in [0.3, 0.4) is 0 Å². The van der Waals surface area contributed by atoms with Gasteiger partial charge in [-0.1, -0.05) is 17.9 Å². The first-order valence-corrected chi connectivity index (χ1v) is 7.88. The van der Waals surface area contributed by atoms with E-state index in [4.69, 9.17) is 0 Å². The van der Waals surface area contributed by atoms with E-state index in [-0.39, 0.29) is 23.9 Å². The predicted molar refractivity (Wildman–Crippen MR) is 85.4 cm³/mol. The Labute approximate surface area is 142 Å². The Hall–Kier alpha value is -2.75. The first-order valence-electron chi connectivity index (χ1n) is 7.88. The lowest BCUT2D eigenvalue weighted by atomic mass is 9.87. The molecule has 0 saturated heterocycles. The van der Waals surface area contributed by atoms with Gasteiger partial charge in [-0.3, -0.25) is 9.89 Å². The molecule has 3 rings (SSSR count). The lowest BCUT2D eigenvalue weighted by molar-refractivity contribution is -0.137. The number of amides is 1. The molecule has 2 aromatic rings. The molecule has 0 radical (unpaired) electrons. The van der Waals surface area contributed by atoms with Crippen LogP contribution in [0.25, 0.3) is 0 Å². The third kappa shape index (κ3) is 4.21. The first-order chi connectivity index (χ1) is 11.9. The molecule has 2 N–H and O–H groups in total. The number of hydrogen-bond donors (Lipinski definition) is 2. The summed E-state index contributed by atoms with van der Waals surface area (Å²) in [6.07, 6.45) is -0.495. The summed E-state index contributed by atoms with van der Waals surface area (Å²) in [5, 5.41) is 9.62. The van der Waals surface area contributed by atoms with Crippen LogP contribution in [0.4, 0.5) is 13.2 Å². The average molecular weight is 347 g/mol. The van der Waals surface area contributed by atoms with E-state index in [1.807, 2.05) is 0 Å². The number of hydrogen-bond acceptors (Lipinski definition) is 2. The molecule has 0 saturated carbocycles. The van der Waals surface area contributed by atoms with Crippen LogP contribution >= 0.6 is 0 Å². The SMILES string of the molecule is O=C(NCC#Cc1cccc(C(F)(F)F)c1)C1CCc2[nH]ncc2C1. The van der Waals surface area contributed by atoms with Crippen molar-refractivity contribution in [1.82, 2.24) is 15.5 Å². The Balaban J connectivity index is 1.54. The van der Waals surface area contributed by atoms with Gasteiger partial charge in [-0.2, -0.15) is 18.3 Å². The van der Waals surface area contributed by atoms with Gasteiger partial charge in [0, 0.05) is 17.2 Å². The fourth-order valence-electron chi connectivity index (χ4n) is 2.84. The van der Waals surface area contributed by atoms with Crippen molar-refractivity contribution < 1.29 is 18.0 Å². The predicted octanol–water partition coefficient (Wildman–Crippen LogP) is 2.70. The summed E-state index contributed by atoms with van der Waals surface area (Å²) in [5.41, 5.74) is 1.67. The van der Waals surface area contributed by atoms with E-state index in [1.165, 1.54) is 12.1 Å². The number of carbonyl (C=O) groups is 1. The molecule has 0 spiro atoms. The van der Waals surface area contributed by atoms with Gasteiger partial charge in [-0.25, -0.2) is 0 Å². The number of alkyl halides is 3. The van der Waals surface area contributed by atoms with Crippen LogP contribution in [-0.4, -0.2) is 22.6 Å². The van der Waals surface area contributed by atoms with E-state index in [9.17, 15) is 18.0 Å². The maximum atomic E-state index is 12.6. The van der Waals surface area contributed by atoms with Crippen LogP contribution in [0.5, 0.6) is 0 Å². The fourth-order valence-corrected chi connectivity index (χ4v) is 2.84. The molecular formula is C18H16F3N3O. The molecule has 1 aromatic heterocycles. The standard InChI is InChI=1S/C18H16F3N3O/c19-18(20,21)15-5-1-3-12(9-15)4-2-8-22-17(25)13-6-7-16-14(10-13)11-23-24-16/h1,3,5,9,11,13H,6-8,10H2,(H,22,25)(H,23,24). The van der Waals surface area contributed by atoms with Gasteiger partial charge in [0.1, 0.15) is 0 Å². The van der Waals surface area contributed by atoms with E-state index in [0.29, 0.717) is 6.42 Å². The number of carbonyl (C=O) groups excluding carboxylic acids is 1. The number of halogens is 3. The van der Waals surface area contributed by atoms with E-state index < -0.39 is 11.7 Å². The molecule has 1 unspecified atom stereocenters. The molecular weight excluding hydrogens is 331 g/mol. The number of aromatic amines is 1. The molecule has 25 heavy (non-hydrogen) atoms. The van der Waals surface area contributed by atoms with Crippen molar-refractivity contribution in [1.29, 1.82) is 0 Å². The summed E-state index contributed by atoms with van der Waals surface area (Å²) in [6.45, 7) is 0.101. The highest BCUT2D eigenvalue weighted by Crippen LogP contribution is 2.29. The lowest BCUT2D eigenvalue weighted by Gasteiger charge is -2.20. The highest BCUT2D eigenvalue weighted by Gasteiger charge is 2.30. The number of rotatable bonds is 2. The summed E-state index contributed by atoms with van der Waals surface area (Å²) >= 11 is 0. The molecule has 4 nitrogen and oxygen atoms in total. The van der Waals surface area contributed by atoms with E-state index in [2.05, 4.69) is 27.4 Å². The Kier molecular flexibility index (Phi) is 4.79. The van der Waals surface area contributed by atoms with Gasteiger partial charge in [0.05, 0.1) is 18.3 Å². The second kappa shape index (κ2) is 7.01. The van der Waals surface area contributed by atoms with Gasteiger partial charge < -0.3 is 5.32 Å². The summed E-state index contributed by atoms with van der Waals surface area (Å²) in [4.78, 5) is 12.2. The monoisotopic (exact) mass is 347 g/mol. The molecule has 1 atom stereocenters. The first kappa shape index (κ1) is 17.1. The zero-order valence-electron chi connectivity index (χ0n) is 13.3. The Morgan fingerprint density at radius 1 is 1.40 bits per heavy atom. The van der Waals surface area contributed by atoms with Gasteiger partial charge in [0.2, 0.25) is 5.91 Å². The van der Waals surface area contributed by atoms with Crippen LogP contribution in [-0.2, 0) is 23.8 Å². The molecule has 1 heterocycles. The third-order valence-corrected chi connectivity index (χ3v) is 4.16. The summed E-state index contributed by atoms with van der Waals surface area (Å²) in [7, 11) is 0. The molecule has 0 fully saturated rings. The van der Waals surface area contributed by atoms with Crippen LogP contribution in [0.2, 0.25) is 0 Å². The van der Waals surface area contributed by atoms with E-state index >= 15 is 0 Å². The minimum absolute atomic E-state index is 0.0924. The maximum Gasteiger partial charge on any atom is 0.416 e. The minimum Gasteiger partial charge on any atom is -0.345 e. The van der Waals surface area contributed by atoms with Gasteiger partial charge in [-0.15, -0.1) is 0 Å². The van der Waals surface area contributed by atoms with Crippen molar-refractivity contribution in [3.8, 4) is 11.8 Å². The fraction of sp³-hybridized carbons (Fsp3) is 0.333. The zero-order chi connectivity index (χ0) is 17.9. The quantitative estimate of drug-likeness (QED) is 0.821. The second-order valence-electron chi connectivity index (χ2n) is 5.91. The number of nitrogens with one attached hydrogen (secondary N) is 2. The number of H-pyrrole nitrogens is 1. The topological polar surface area (TPSA) is 57.8 Å². The van der Waals surface area contributed by atoms with Crippen LogP contribution in [0.15, 0.2) is 30.5 Å². The van der Waals surface area contributed by atoms with E-state index in [0.717, 1.165) is 36.2 Å². The molecule has 7 heteroatoms. The number of aromatic nitrogens is 2. The Morgan fingerprint density at radius 3 is 3.04 bits per heavy atom. The van der Waals surface area contributed by atoms with Gasteiger partial charge >= 0.3 is 6.18 Å². The largest absolute Gasteiger partial charge is 0.416 e.